The minimum atomic E-state index is -0.536. The lowest BCUT2D eigenvalue weighted by Crippen LogP contribution is -2.48. The number of halogens is 1. The molecule has 0 saturated carbocycles. The Labute approximate surface area is 117 Å². The molecule has 108 valence electrons. The van der Waals surface area contributed by atoms with Gasteiger partial charge >= 0.3 is 6.03 Å². The highest BCUT2D eigenvalue weighted by Gasteiger charge is 2.23. The third kappa shape index (κ3) is 4.21. The number of carbonyl (C=O) groups is 1. The zero-order valence-electron chi connectivity index (χ0n) is 11.5. The predicted octanol–water partition coefficient (Wildman–Crippen LogP) is 2.37. The van der Waals surface area contributed by atoms with Gasteiger partial charge in [-0.05, 0) is 38.0 Å². The second-order valence-corrected chi connectivity index (χ2v) is 4.77. The summed E-state index contributed by atoms with van der Waals surface area (Å²) in [6.07, 6.45) is 1.07. The van der Waals surface area contributed by atoms with Gasteiger partial charge in [0.05, 0.1) is 11.3 Å². The number of rotatable bonds is 5. The fourth-order valence-electron chi connectivity index (χ4n) is 1.72. The second-order valence-electron chi connectivity index (χ2n) is 4.77. The van der Waals surface area contributed by atoms with Crippen LogP contribution in [0.2, 0.25) is 0 Å². The Bertz CT molecular complexity index is 528. The molecule has 0 aromatic heterocycles. The topological polar surface area (TPSA) is 85.2 Å². The van der Waals surface area contributed by atoms with Gasteiger partial charge in [0, 0.05) is 12.1 Å². The Morgan fingerprint density at radius 1 is 1.55 bits per heavy atom. The molecule has 0 bridgehead atoms. The number of anilines is 1. The first-order chi connectivity index (χ1) is 9.44. The van der Waals surface area contributed by atoms with E-state index in [4.69, 9.17) is 10.4 Å². The van der Waals surface area contributed by atoms with Gasteiger partial charge in [0.2, 0.25) is 0 Å². The lowest BCUT2D eigenvalue weighted by Gasteiger charge is -2.29. The fraction of sp³-hybridized carbons (Fsp3) is 0.429. The van der Waals surface area contributed by atoms with Crippen LogP contribution in [0, 0.1) is 17.1 Å². The van der Waals surface area contributed by atoms with Crippen LogP contribution in [-0.2, 0) is 0 Å². The Morgan fingerprint density at radius 3 is 2.80 bits per heavy atom. The normalized spacial score (nSPS) is 13.2. The summed E-state index contributed by atoms with van der Waals surface area (Å²) in [4.78, 5) is 11.9. The molecule has 0 heterocycles. The molecule has 3 N–H and O–H groups in total. The molecule has 0 saturated heterocycles. The van der Waals surface area contributed by atoms with Crippen molar-refractivity contribution in [1.29, 1.82) is 5.26 Å². The lowest BCUT2D eigenvalue weighted by molar-refractivity contribution is 0.208. The van der Waals surface area contributed by atoms with Crippen LogP contribution >= 0.6 is 0 Å². The minimum absolute atomic E-state index is 0.0371. The third-order valence-corrected chi connectivity index (χ3v) is 3.21. The highest BCUT2D eigenvalue weighted by atomic mass is 19.1. The number of nitrogens with zero attached hydrogens (tertiary/aromatic N) is 1. The molecule has 20 heavy (non-hydrogen) atoms. The molecular formula is C14H18FN3O2. The number of amides is 2. The highest BCUT2D eigenvalue weighted by molar-refractivity contribution is 5.91. The molecule has 1 rings (SSSR count). The molecule has 2 amide bonds. The average Bonchev–Trinajstić information content (AvgIpc) is 2.40. The van der Waals surface area contributed by atoms with Gasteiger partial charge in [-0.25, -0.2) is 9.18 Å². The number of hydrogen-bond donors (Lipinski definition) is 3. The van der Waals surface area contributed by atoms with E-state index in [0.717, 1.165) is 6.07 Å². The van der Waals surface area contributed by atoms with E-state index in [-0.39, 0.29) is 17.9 Å². The van der Waals surface area contributed by atoms with Crippen molar-refractivity contribution in [2.24, 2.45) is 0 Å². The van der Waals surface area contributed by atoms with Crippen molar-refractivity contribution in [3.63, 3.8) is 0 Å². The number of aliphatic hydroxyl groups excluding tert-OH is 1. The first kappa shape index (κ1) is 15.9. The molecule has 0 fully saturated rings. The lowest BCUT2D eigenvalue weighted by atomic mass is 9.95. The molecule has 1 aromatic carbocycles. The SMILES string of the molecule is CCC(C)(CCO)NC(=O)Nc1ccc(F)cc1C#N. The predicted molar refractivity (Wildman–Crippen MR) is 73.7 cm³/mol. The van der Waals surface area contributed by atoms with Crippen molar-refractivity contribution in [2.75, 3.05) is 11.9 Å². The summed E-state index contributed by atoms with van der Waals surface area (Å²) < 4.78 is 13.0. The number of urea groups is 1. The van der Waals surface area contributed by atoms with Crippen molar-refractivity contribution < 1.29 is 14.3 Å². The monoisotopic (exact) mass is 279 g/mol. The molecule has 1 unspecified atom stereocenters. The van der Waals surface area contributed by atoms with Crippen molar-refractivity contribution in [3.05, 3.63) is 29.6 Å². The molecule has 0 radical (unpaired) electrons. The van der Waals surface area contributed by atoms with Gasteiger partial charge in [-0.3, -0.25) is 0 Å². The van der Waals surface area contributed by atoms with E-state index in [1.807, 2.05) is 19.9 Å². The van der Waals surface area contributed by atoms with Gasteiger partial charge < -0.3 is 15.7 Å². The quantitative estimate of drug-likeness (QED) is 0.773. The highest BCUT2D eigenvalue weighted by Crippen LogP contribution is 2.17. The van der Waals surface area contributed by atoms with Crippen molar-refractivity contribution >= 4 is 11.7 Å². The van der Waals surface area contributed by atoms with Crippen LogP contribution in [0.15, 0.2) is 18.2 Å². The van der Waals surface area contributed by atoms with Crippen molar-refractivity contribution in [3.8, 4) is 6.07 Å². The number of benzene rings is 1. The van der Waals surface area contributed by atoms with Crippen LogP contribution in [0.1, 0.15) is 32.3 Å². The first-order valence-electron chi connectivity index (χ1n) is 6.34. The van der Waals surface area contributed by atoms with Crippen LogP contribution in [-0.4, -0.2) is 23.3 Å². The van der Waals surface area contributed by atoms with E-state index in [9.17, 15) is 9.18 Å². The van der Waals surface area contributed by atoms with Crippen LogP contribution < -0.4 is 10.6 Å². The van der Waals surface area contributed by atoms with Crippen LogP contribution in [0.25, 0.3) is 0 Å². The maximum Gasteiger partial charge on any atom is 0.319 e. The maximum atomic E-state index is 13.0. The maximum absolute atomic E-state index is 13.0. The minimum Gasteiger partial charge on any atom is -0.396 e. The summed E-state index contributed by atoms with van der Waals surface area (Å²) in [6, 6.07) is 4.89. The molecule has 1 aromatic rings. The van der Waals surface area contributed by atoms with E-state index >= 15 is 0 Å². The van der Waals surface area contributed by atoms with Gasteiger partial charge in [-0.2, -0.15) is 5.26 Å². The van der Waals surface area contributed by atoms with E-state index in [2.05, 4.69) is 10.6 Å². The van der Waals surface area contributed by atoms with Gasteiger partial charge in [0.25, 0.3) is 0 Å². The Morgan fingerprint density at radius 2 is 2.25 bits per heavy atom. The second kappa shape index (κ2) is 6.87. The number of hydrogen-bond acceptors (Lipinski definition) is 3. The molecule has 0 aliphatic heterocycles. The van der Waals surface area contributed by atoms with Crippen LogP contribution in [0.4, 0.5) is 14.9 Å². The smallest absolute Gasteiger partial charge is 0.319 e. The number of aliphatic hydroxyl groups is 1. The van der Waals surface area contributed by atoms with Crippen molar-refractivity contribution in [2.45, 2.75) is 32.2 Å². The molecule has 6 heteroatoms. The van der Waals surface area contributed by atoms with Gasteiger partial charge in [-0.15, -0.1) is 0 Å². The summed E-state index contributed by atoms with van der Waals surface area (Å²) in [7, 11) is 0. The number of nitrogens with one attached hydrogen (secondary N) is 2. The summed E-state index contributed by atoms with van der Waals surface area (Å²) in [5, 5.41) is 23.2. The summed E-state index contributed by atoms with van der Waals surface area (Å²) in [5.74, 6) is -0.536. The Hall–Kier alpha value is -2.13. The van der Waals surface area contributed by atoms with E-state index in [1.54, 1.807) is 0 Å². The Balaban J connectivity index is 2.79. The number of carbonyl (C=O) groups excluding carboxylic acids is 1. The molecular weight excluding hydrogens is 261 g/mol. The zero-order chi connectivity index (χ0) is 15.2. The van der Waals surface area contributed by atoms with Crippen LogP contribution in [0.5, 0.6) is 0 Å². The summed E-state index contributed by atoms with van der Waals surface area (Å²) >= 11 is 0. The molecule has 0 aliphatic carbocycles. The summed E-state index contributed by atoms with van der Waals surface area (Å²) in [5.41, 5.74) is -0.236. The van der Waals surface area contributed by atoms with E-state index < -0.39 is 17.4 Å². The summed E-state index contributed by atoms with van der Waals surface area (Å²) in [6.45, 7) is 3.68. The van der Waals surface area contributed by atoms with Crippen LogP contribution in [0.3, 0.4) is 0 Å². The molecule has 5 nitrogen and oxygen atoms in total. The van der Waals surface area contributed by atoms with E-state index in [1.165, 1.54) is 12.1 Å². The molecule has 1 atom stereocenters. The largest absolute Gasteiger partial charge is 0.396 e. The van der Waals surface area contributed by atoms with Gasteiger partial charge in [-0.1, -0.05) is 6.92 Å². The third-order valence-electron chi connectivity index (χ3n) is 3.21. The zero-order valence-corrected chi connectivity index (χ0v) is 11.5. The van der Waals surface area contributed by atoms with Gasteiger partial charge in [0.15, 0.2) is 0 Å². The molecule has 0 spiro atoms. The number of nitriles is 1. The van der Waals surface area contributed by atoms with E-state index in [0.29, 0.717) is 12.8 Å². The fourth-order valence-corrected chi connectivity index (χ4v) is 1.72. The first-order valence-corrected chi connectivity index (χ1v) is 6.34. The van der Waals surface area contributed by atoms with Gasteiger partial charge in [0.1, 0.15) is 11.9 Å². The van der Waals surface area contributed by atoms with Crippen molar-refractivity contribution in [1.82, 2.24) is 5.32 Å². The average molecular weight is 279 g/mol. The standard InChI is InChI=1S/C14H18FN3O2/c1-3-14(2,6-7-19)18-13(20)17-12-5-4-11(15)8-10(12)9-16/h4-5,8,19H,3,6-7H2,1-2H3,(H2,17,18,20). The Kier molecular flexibility index (Phi) is 5.47. The molecule has 0 aliphatic rings.